The number of hydrogen-bond acceptors (Lipinski definition) is 3. The first kappa shape index (κ1) is 17.0. The number of carbonyl (C=O) groups is 1. The summed E-state index contributed by atoms with van der Waals surface area (Å²) in [6.07, 6.45) is 5.53. The minimum atomic E-state index is -0.211. The maximum absolute atomic E-state index is 11.3. The smallest absolute Gasteiger partial charge is 0.247 e. The molecule has 1 aromatic heterocycles. The highest BCUT2D eigenvalue weighted by Crippen LogP contribution is 2.23. The van der Waals surface area contributed by atoms with Crippen molar-refractivity contribution >= 4 is 11.6 Å². The lowest BCUT2D eigenvalue weighted by Crippen LogP contribution is -2.19. The summed E-state index contributed by atoms with van der Waals surface area (Å²) in [5.74, 6) is -0.211. The first-order chi connectivity index (χ1) is 11.1. The fraction of sp³-hybridized carbons (Fsp3) is 0.333. The van der Waals surface area contributed by atoms with Crippen molar-refractivity contribution in [1.82, 2.24) is 15.1 Å². The number of aromatic nitrogens is 2. The summed E-state index contributed by atoms with van der Waals surface area (Å²) in [6.45, 7) is 7.58. The van der Waals surface area contributed by atoms with Crippen LogP contribution in [0.15, 0.2) is 43.1 Å². The molecule has 5 heteroatoms. The van der Waals surface area contributed by atoms with E-state index in [-0.39, 0.29) is 5.91 Å². The third kappa shape index (κ3) is 4.79. The van der Waals surface area contributed by atoms with E-state index >= 15 is 0 Å². The van der Waals surface area contributed by atoms with Gasteiger partial charge in [0, 0.05) is 23.4 Å². The largest absolute Gasteiger partial charge is 0.323 e. The highest BCUT2D eigenvalue weighted by molar-refractivity contribution is 5.98. The van der Waals surface area contributed by atoms with Gasteiger partial charge in [-0.1, -0.05) is 32.1 Å². The molecule has 0 atom stereocenters. The van der Waals surface area contributed by atoms with Gasteiger partial charge in [-0.05, 0) is 38.2 Å². The number of rotatable bonds is 8. The van der Waals surface area contributed by atoms with Crippen molar-refractivity contribution in [3.8, 4) is 11.3 Å². The Bertz CT molecular complexity index is 645. The molecule has 23 heavy (non-hydrogen) atoms. The van der Waals surface area contributed by atoms with Gasteiger partial charge in [-0.15, -0.1) is 0 Å². The summed E-state index contributed by atoms with van der Waals surface area (Å²) in [5.41, 5.74) is 4.00. The maximum atomic E-state index is 11.3. The number of carbonyl (C=O) groups excluding carboxylic acids is 1. The monoisotopic (exact) mass is 312 g/mol. The van der Waals surface area contributed by atoms with Gasteiger partial charge < -0.3 is 10.2 Å². The van der Waals surface area contributed by atoms with Gasteiger partial charge in [0.1, 0.15) is 0 Å². The van der Waals surface area contributed by atoms with E-state index in [2.05, 4.69) is 41.0 Å². The van der Waals surface area contributed by atoms with Gasteiger partial charge in [0.05, 0.1) is 11.9 Å². The van der Waals surface area contributed by atoms with Crippen LogP contribution >= 0.6 is 0 Å². The molecule has 5 nitrogen and oxygen atoms in total. The van der Waals surface area contributed by atoms with Crippen LogP contribution in [0.2, 0.25) is 0 Å². The molecule has 1 aromatic carbocycles. The van der Waals surface area contributed by atoms with Crippen molar-refractivity contribution in [2.24, 2.45) is 0 Å². The molecule has 0 bridgehead atoms. The van der Waals surface area contributed by atoms with Gasteiger partial charge in [0.15, 0.2) is 0 Å². The van der Waals surface area contributed by atoms with E-state index in [4.69, 9.17) is 0 Å². The molecule has 0 unspecified atom stereocenters. The van der Waals surface area contributed by atoms with E-state index in [9.17, 15) is 4.79 Å². The number of amides is 1. The maximum Gasteiger partial charge on any atom is 0.247 e. The Morgan fingerprint density at radius 2 is 2.13 bits per heavy atom. The third-order valence-corrected chi connectivity index (χ3v) is 3.68. The van der Waals surface area contributed by atoms with Crippen molar-refractivity contribution in [2.45, 2.75) is 26.3 Å². The number of benzene rings is 1. The second kappa shape index (κ2) is 8.29. The van der Waals surface area contributed by atoms with Crippen LogP contribution in [0.5, 0.6) is 0 Å². The Labute approximate surface area is 137 Å². The summed E-state index contributed by atoms with van der Waals surface area (Å²) in [5, 5.41) is 10.00. The van der Waals surface area contributed by atoms with Crippen LogP contribution in [-0.2, 0) is 11.3 Å². The fourth-order valence-corrected chi connectivity index (χ4v) is 2.39. The quantitative estimate of drug-likeness (QED) is 0.734. The Morgan fingerprint density at radius 3 is 2.78 bits per heavy atom. The zero-order valence-corrected chi connectivity index (χ0v) is 13.8. The molecule has 2 aromatic rings. The first-order valence-corrected chi connectivity index (χ1v) is 7.88. The summed E-state index contributed by atoms with van der Waals surface area (Å²) in [6, 6.07) is 7.70. The molecule has 0 saturated heterocycles. The zero-order chi connectivity index (χ0) is 16.7. The lowest BCUT2D eigenvalue weighted by Gasteiger charge is -2.16. The molecule has 1 heterocycles. The molecule has 0 radical (unpaired) electrons. The summed E-state index contributed by atoms with van der Waals surface area (Å²) < 4.78 is 0. The normalized spacial score (nSPS) is 10.7. The molecule has 122 valence electrons. The van der Waals surface area contributed by atoms with E-state index in [1.807, 2.05) is 30.5 Å². The van der Waals surface area contributed by atoms with Crippen LogP contribution in [0, 0.1) is 0 Å². The lowest BCUT2D eigenvalue weighted by atomic mass is 10.1. The Morgan fingerprint density at radius 1 is 1.39 bits per heavy atom. The average Bonchev–Trinajstić information content (AvgIpc) is 3.01. The van der Waals surface area contributed by atoms with Gasteiger partial charge in [-0.2, -0.15) is 5.10 Å². The number of hydrogen-bond donors (Lipinski definition) is 2. The molecule has 0 aliphatic rings. The SMILES string of the molecule is C=CC(=O)Nc1ccc(-c2[nH]ncc2CN(C)CCCC)cc1. The number of nitrogens with zero attached hydrogens (tertiary/aromatic N) is 2. The number of nitrogens with one attached hydrogen (secondary N) is 2. The van der Waals surface area contributed by atoms with Gasteiger partial charge in [-0.3, -0.25) is 9.89 Å². The van der Waals surface area contributed by atoms with E-state index in [1.165, 1.54) is 24.5 Å². The van der Waals surface area contributed by atoms with E-state index in [0.29, 0.717) is 0 Å². The van der Waals surface area contributed by atoms with Crippen molar-refractivity contribution < 1.29 is 4.79 Å². The number of unbranched alkanes of at least 4 members (excludes halogenated alkanes) is 1. The fourth-order valence-electron chi connectivity index (χ4n) is 2.39. The Balaban J connectivity index is 2.09. The second-order valence-corrected chi connectivity index (χ2v) is 5.63. The third-order valence-electron chi connectivity index (χ3n) is 3.68. The predicted molar refractivity (Wildman–Crippen MR) is 94.1 cm³/mol. The van der Waals surface area contributed by atoms with E-state index in [0.717, 1.165) is 30.0 Å². The Hall–Kier alpha value is -2.40. The molecule has 0 spiro atoms. The lowest BCUT2D eigenvalue weighted by molar-refractivity contribution is -0.111. The average molecular weight is 312 g/mol. The molecular weight excluding hydrogens is 288 g/mol. The van der Waals surface area contributed by atoms with Crippen molar-refractivity contribution in [3.63, 3.8) is 0 Å². The topological polar surface area (TPSA) is 61.0 Å². The second-order valence-electron chi connectivity index (χ2n) is 5.63. The van der Waals surface area contributed by atoms with Gasteiger partial charge in [0.2, 0.25) is 5.91 Å². The van der Waals surface area contributed by atoms with Crippen LogP contribution in [0.4, 0.5) is 5.69 Å². The van der Waals surface area contributed by atoms with Crippen LogP contribution in [-0.4, -0.2) is 34.6 Å². The van der Waals surface area contributed by atoms with E-state index < -0.39 is 0 Å². The number of anilines is 1. The van der Waals surface area contributed by atoms with Crippen molar-refractivity contribution in [1.29, 1.82) is 0 Å². The standard InChI is InChI=1S/C18H24N4O/c1-4-6-11-22(3)13-15-12-19-21-18(15)14-7-9-16(10-8-14)20-17(23)5-2/h5,7-10,12H,2,4,6,11,13H2,1,3H3,(H,19,21)(H,20,23). The number of aromatic amines is 1. The summed E-state index contributed by atoms with van der Waals surface area (Å²) in [7, 11) is 2.13. The molecule has 0 aliphatic heterocycles. The van der Waals surface area contributed by atoms with Crippen molar-refractivity contribution in [3.05, 3.63) is 48.7 Å². The molecule has 1 amide bonds. The van der Waals surface area contributed by atoms with Gasteiger partial charge in [0.25, 0.3) is 0 Å². The van der Waals surface area contributed by atoms with Gasteiger partial charge in [-0.25, -0.2) is 0 Å². The minimum absolute atomic E-state index is 0.211. The molecule has 2 N–H and O–H groups in total. The minimum Gasteiger partial charge on any atom is -0.323 e. The zero-order valence-electron chi connectivity index (χ0n) is 13.8. The summed E-state index contributed by atoms with van der Waals surface area (Å²) >= 11 is 0. The number of H-pyrrole nitrogens is 1. The molecule has 2 rings (SSSR count). The summed E-state index contributed by atoms with van der Waals surface area (Å²) in [4.78, 5) is 13.6. The molecule has 0 saturated carbocycles. The first-order valence-electron chi connectivity index (χ1n) is 7.88. The highest BCUT2D eigenvalue weighted by atomic mass is 16.1. The molecule has 0 fully saturated rings. The Kier molecular flexibility index (Phi) is 6.11. The molecular formula is C18H24N4O. The van der Waals surface area contributed by atoms with Gasteiger partial charge >= 0.3 is 0 Å². The molecule has 0 aliphatic carbocycles. The van der Waals surface area contributed by atoms with Crippen LogP contribution in [0.1, 0.15) is 25.3 Å². The van der Waals surface area contributed by atoms with E-state index in [1.54, 1.807) is 0 Å². The van der Waals surface area contributed by atoms with Crippen LogP contribution in [0.25, 0.3) is 11.3 Å². The van der Waals surface area contributed by atoms with Crippen molar-refractivity contribution in [2.75, 3.05) is 18.9 Å². The predicted octanol–water partition coefficient (Wildman–Crippen LogP) is 3.43. The highest BCUT2D eigenvalue weighted by Gasteiger charge is 2.10. The van der Waals surface area contributed by atoms with Crippen LogP contribution < -0.4 is 5.32 Å². The van der Waals surface area contributed by atoms with Crippen LogP contribution in [0.3, 0.4) is 0 Å².